The van der Waals surface area contributed by atoms with Crippen LogP contribution >= 0.6 is 0 Å². The third kappa shape index (κ3) is 3.62. The molecule has 4 nitrogen and oxygen atoms in total. The van der Waals surface area contributed by atoms with E-state index in [1.54, 1.807) is 0 Å². The fourth-order valence-corrected chi connectivity index (χ4v) is 2.25. The highest BCUT2D eigenvalue weighted by Crippen LogP contribution is 2.28. The molecule has 0 aromatic rings. The van der Waals surface area contributed by atoms with E-state index in [1.807, 2.05) is 0 Å². The van der Waals surface area contributed by atoms with Crippen molar-refractivity contribution in [3.8, 4) is 0 Å². The second-order valence-corrected chi connectivity index (χ2v) is 5.57. The van der Waals surface area contributed by atoms with E-state index in [2.05, 4.69) is 13.8 Å². The van der Waals surface area contributed by atoms with Gasteiger partial charge < -0.3 is 0 Å². The Morgan fingerprint density at radius 3 is 2.31 bits per heavy atom. The minimum atomic E-state index is -3.46. The predicted molar refractivity (Wildman–Crippen MR) is 52.3 cm³/mol. The Hall–Kier alpha value is -0.130. The SMILES string of the molecule is CC(C)CCN(C1CC1)S(N)(=O)=O. The third-order valence-electron chi connectivity index (χ3n) is 2.21. The highest BCUT2D eigenvalue weighted by molar-refractivity contribution is 7.86. The average molecular weight is 206 g/mol. The van der Waals surface area contributed by atoms with Crippen molar-refractivity contribution in [2.24, 2.45) is 11.1 Å². The lowest BCUT2D eigenvalue weighted by atomic mass is 10.1. The first kappa shape index (κ1) is 10.9. The summed E-state index contributed by atoms with van der Waals surface area (Å²) in [7, 11) is -3.46. The van der Waals surface area contributed by atoms with Crippen LogP contribution in [0.1, 0.15) is 33.1 Å². The molecule has 0 aliphatic heterocycles. The summed E-state index contributed by atoms with van der Waals surface area (Å²) in [5.74, 6) is 0.517. The van der Waals surface area contributed by atoms with E-state index in [4.69, 9.17) is 5.14 Å². The van der Waals surface area contributed by atoms with Crippen LogP contribution in [0.3, 0.4) is 0 Å². The smallest absolute Gasteiger partial charge is 0.216 e. The lowest BCUT2D eigenvalue weighted by molar-refractivity contribution is 0.374. The van der Waals surface area contributed by atoms with Crippen molar-refractivity contribution in [1.29, 1.82) is 0 Å². The van der Waals surface area contributed by atoms with Crippen molar-refractivity contribution in [1.82, 2.24) is 4.31 Å². The number of rotatable bonds is 5. The molecule has 1 saturated carbocycles. The summed E-state index contributed by atoms with van der Waals surface area (Å²) in [5.41, 5.74) is 0. The van der Waals surface area contributed by atoms with Gasteiger partial charge in [-0.1, -0.05) is 13.8 Å². The molecule has 0 aromatic carbocycles. The summed E-state index contributed by atoms with van der Waals surface area (Å²) in [6.45, 7) is 4.73. The number of hydrogen-bond acceptors (Lipinski definition) is 2. The number of nitrogens with two attached hydrogens (primary N) is 1. The van der Waals surface area contributed by atoms with Gasteiger partial charge in [-0.2, -0.15) is 12.7 Å². The fourth-order valence-electron chi connectivity index (χ4n) is 1.27. The van der Waals surface area contributed by atoms with Gasteiger partial charge in [0.2, 0.25) is 0 Å². The Morgan fingerprint density at radius 2 is 2.00 bits per heavy atom. The van der Waals surface area contributed by atoms with Crippen LogP contribution in [0.25, 0.3) is 0 Å². The zero-order valence-corrected chi connectivity index (χ0v) is 9.05. The Labute approximate surface area is 80.3 Å². The molecule has 2 N–H and O–H groups in total. The van der Waals surface area contributed by atoms with E-state index < -0.39 is 10.2 Å². The maximum Gasteiger partial charge on any atom is 0.277 e. The van der Waals surface area contributed by atoms with Crippen molar-refractivity contribution < 1.29 is 8.42 Å². The van der Waals surface area contributed by atoms with Gasteiger partial charge in [0, 0.05) is 12.6 Å². The standard InChI is InChI=1S/C8H18N2O2S/c1-7(2)5-6-10(8-3-4-8)13(9,11)12/h7-8H,3-6H2,1-2H3,(H2,9,11,12). The summed E-state index contributed by atoms with van der Waals surface area (Å²) < 4.78 is 23.7. The minimum absolute atomic E-state index is 0.189. The topological polar surface area (TPSA) is 63.4 Å². The second kappa shape index (κ2) is 3.94. The molecule has 78 valence electrons. The first-order valence-corrected chi connectivity index (χ1v) is 6.21. The molecule has 1 aliphatic carbocycles. The van der Waals surface area contributed by atoms with Gasteiger partial charge in [-0.15, -0.1) is 0 Å². The van der Waals surface area contributed by atoms with Crippen molar-refractivity contribution >= 4 is 10.2 Å². The van der Waals surface area contributed by atoms with Crippen LogP contribution in [-0.2, 0) is 10.2 Å². The molecule has 13 heavy (non-hydrogen) atoms. The van der Waals surface area contributed by atoms with Gasteiger partial charge in [-0.25, -0.2) is 5.14 Å². The molecule has 1 rings (SSSR count). The van der Waals surface area contributed by atoms with E-state index in [-0.39, 0.29) is 6.04 Å². The van der Waals surface area contributed by atoms with Crippen molar-refractivity contribution in [2.45, 2.75) is 39.2 Å². The fraction of sp³-hybridized carbons (Fsp3) is 1.00. The monoisotopic (exact) mass is 206 g/mol. The van der Waals surface area contributed by atoms with E-state index in [0.29, 0.717) is 12.5 Å². The normalized spacial score (nSPS) is 18.5. The summed E-state index contributed by atoms with van der Waals surface area (Å²) in [5, 5.41) is 5.11. The first-order chi connectivity index (χ1) is 5.91. The second-order valence-electron chi connectivity index (χ2n) is 4.07. The van der Waals surface area contributed by atoms with Crippen LogP contribution in [-0.4, -0.2) is 25.3 Å². The quantitative estimate of drug-likeness (QED) is 0.719. The van der Waals surface area contributed by atoms with Crippen LogP contribution < -0.4 is 5.14 Å². The predicted octanol–water partition coefficient (Wildman–Crippen LogP) is 0.700. The van der Waals surface area contributed by atoms with Crippen LogP contribution in [0.15, 0.2) is 0 Å². The largest absolute Gasteiger partial charge is 0.277 e. The minimum Gasteiger partial charge on any atom is -0.216 e. The molecule has 1 aliphatic rings. The molecule has 0 spiro atoms. The Balaban J connectivity index is 2.49. The van der Waals surface area contributed by atoms with E-state index >= 15 is 0 Å². The Bertz CT molecular complexity index is 257. The maximum atomic E-state index is 11.1. The molecular formula is C8H18N2O2S. The lowest BCUT2D eigenvalue weighted by Gasteiger charge is -2.19. The maximum absolute atomic E-state index is 11.1. The van der Waals surface area contributed by atoms with Crippen LogP contribution in [0, 0.1) is 5.92 Å². The highest BCUT2D eigenvalue weighted by Gasteiger charge is 2.34. The zero-order valence-electron chi connectivity index (χ0n) is 8.23. The number of nitrogens with zero attached hydrogens (tertiary/aromatic N) is 1. The molecule has 1 fully saturated rings. The molecular weight excluding hydrogens is 188 g/mol. The summed E-state index contributed by atoms with van der Waals surface area (Å²) >= 11 is 0. The van der Waals surface area contributed by atoms with Gasteiger partial charge in [0.15, 0.2) is 0 Å². The average Bonchev–Trinajstić information content (AvgIpc) is 2.67. The van der Waals surface area contributed by atoms with E-state index in [9.17, 15) is 8.42 Å². The Kier molecular flexibility index (Phi) is 3.32. The molecule has 0 unspecified atom stereocenters. The molecule has 0 bridgehead atoms. The third-order valence-corrected chi connectivity index (χ3v) is 3.34. The van der Waals surface area contributed by atoms with Gasteiger partial charge >= 0.3 is 0 Å². The lowest BCUT2D eigenvalue weighted by Crippen LogP contribution is -2.39. The molecule has 0 saturated heterocycles. The molecule has 0 aromatic heterocycles. The number of hydrogen-bond donors (Lipinski definition) is 1. The van der Waals surface area contributed by atoms with Gasteiger partial charge in [0.05, 0.1) is 0 Å². The first-order valence-electron chi connectivity index (χ1n) is 4.71. The molecule has 5 heteroatoms. The molecule has 0 radical (unpaired) electrons. The zero-order chi connectivity index (χ0) is 10.1. The van der Waals surface area contributed by atoms with E-state index in [0.717, 1.165) is 19.3 Å². The summed E-state index contributed by atoms with van der Waals surface area (Å²) in [6, 6.07) is 0.189. The molecule has 0 amide bonds. The highest BCUT2D eigenvalue weighted by atomic mass is 32.2. The van der Waals surface area contributed by atoms with Crippen molar-refractivity contribution in [2.75, 3.05) is 6.54 Å². The summed E-state index contributed by atoms with van der Waals surface area (Å²) in [4.78, 5) is 0. The van der Waals surface area contributed by atoms with Gasteiger partial charge in [-0.05, 0) is 25.2 Å². The van der Waals surface area contributed by atoms with Gasteiger partial charge in [-0.3, -0.25) is 0 Å². The molecule has 0 heterocycles. The summed E-state index contributed by atoms with van der Waals surface area (Å²) in [6.07, 6.45) is 2.82. The van der Waals surface area contributed by atoms with Crippen LogP contribution in [0.2, 0.25) is 0 Å². The molecule has 0 atom stereocenters. The van der Waals surface area contributed by atoms with Crippen molar-refractivity contribution in [3.05, 3.63) is 0 Å². The van der Waals surface area contributed by atoms with Crippen LogP contribution in [0.4, 0.5) is 0 Å². The Morgan fingerprint density at radius 1 is 1.46 bits per heavy atom. The van der Waals surface area contributed by atoms with Crippen molar-refractivity contribution in [3.63, 3.8) is 0 Å². The van der Waals surface area contributed by atoms with Gasteiger partial charge in [0.1, 0.15) is 0 Å². The van der Waals surface area contributed by atoms with Gasteiger partial charge in [0.25, 0.3) is 10.2 Å². The van der Waals surface area contributed by atoms with Crippen LogP contribution in [0.5, 0.6) is 0 Å². The van der Waals surface area contributed by atoms with E-state index in [1.165, 1.54) is 4.31 Å².